The minimum absolute atomic E-state index is 0.175. The smallest absolute Gasteiger partial charge is 0.241 e. The molecule has 0 aliphatic rings. The minimum atomic E-state index is -3.63. The molecule has 27 heavy (non-hydrogen) atoms. The van der Waals surface area contributed by atoms with Gasteiger partial charge >= 0.3 is 0 Å². The Morgan fingerprint density at radius 2 is 1.78 bits per heavy atom. The number of benzene rings is 2. The van der Waals surface area contributed by atoms with Gasteiger partial charge in [0.05, 0.1) is 18.0 Å². The number of aryl methyl sites for hydroxylation is 2. The Bertz CT molecular complexity index is 911. The normalized spacial score (nSPS) is 12.5. The molecule has 2 rings (SSSR count). The summed E-state index contributed by atoms with van der Waals surface area (Å²) in [5.74, 6) is -0.359. The lowest BCUT2D eigenvalue weighted by molar-refractivity contribution is -0.120. The molecular weight excluding hydrogens is 384 g/mol. The number of carbonyl (C=O) groups excluding carboxylic acids is 1. The van der Waals surface area contributed by atoms with E-state index in [1.165, 1.54) is 0 Å². The van der Waals surface area contributed by atoms with Crippen LogP contribution in [-0.2, 0) is 14.8 Å². The fraction of sp³-hybridized carbons (Fsp3) is 0.350. The van der Waals surface area contributed by atoms with Crippen LogP contribution in [0.4, 0.5) is 5.69 Å². The quantitative estimate of drug-likeness (QED) is 0.753. The van der Waals surface area contributed by atoms with Gasteiger partial charge in [-0.1, -0.05) is 48.4 Å². The summed E-state index contributed by atoms with van der Waals surface area (Å²) >= 11 is 5.96. The van der Waals surface area contributed by atoms with Crippen molar-refractivity contribution in [1.82, 2.24) is 5.32 Å². The molecule has 146 valence electrons. The average Bonchev–Trinajstić information content (AvgIpc) is 2.58. The van der Waals surface area contributed by atoms with Gasteiger partial charge in [-0.3, -0.25) is 9.10 Å². The molecule has 1 unspecified atom stereocenters. The lowest BCUT2D eigenvalue weighted by Gasteiger charge is -2.25. The van der Waals surface area contributed by atoms with E-state index < -0.39 is 10.0 Å². The van der Waals surface area contributed by atoms with Gasteiger partial charge in [0.25, 0.3) is 0 Å². The van der Waals surface area contributed by atoms with Crippen LogP contribution in [0.5, 0.6) is 0 Å². The van der Waals surface area contributed by atoms with Crippen molar-refractivity contribution in [2.24, 2.45) is 0 Å². The van der Waals surface area contributed by atoms with Crippen LogP contribution in [-0.4, -0.2) is 27.1 Å². The summed E-state index contributed by atoms with van der Waals surface area (Å²) in [5, 5.41) is 3.45. The molecule has 0 fully saturated rings. The summed E-state index contributed by atoms with van der Waals surface area (Å²) < 4.78 is 25.7. The molecule has 5 nitrogen and oxygen atoms in total. The van der Waals surface area contributed by atoms with Gasteiger partial charge in [0.2, 0.25) is 15.9 Å². The highest BCUT2D eigenvalue weighted by molar-refractivity contribution is 7.92. The van der Waals surface area contributed by atoms with Gasteiger partial charge in [0.15, 0.2) is 0 Å². The molecule has 1 atom stereocenters. The molecule has 0 heterocycles. The summed E-state index contributed by atoms with van der Waals surface area (Å²) in [4.78, 5) is 12.6. The summed E-state index contributed by atoms with van der Waals surface area (Å²) in [6.45, 7) is 5.45. The number of nitrogens with one attached hydrogen (secondary N) is 1. The number of hydrogen-bond acceptors (Lipinski definition) is 3. The highest BCUT2D eigenvalue weighted by Crippen LogP contribution is 2.25. The Morgan fingerprint density at radius 1 is 1.15 bits per heavy atom. The first-order valence-electron chi connectivity index (χ1n) is 8.71. The van der Waals surface area contributed by atoms with E-state index in [2.05, 4.69) is 5.32 Å². The van der Waals surface area contributed by atoms with Gasteiger partial charge in [-0.05, 0) is 49.6 Å². The fourth-order valence-corrected chi connectivity index (χ4v) is 4.01. The monoisotopic (exact) mass is 408 g/mol. The third kappa shape index (κ3) is 5.71. The molecule has 1 amide bonds. The van der Waals surface area contributed by atoms with Crippen LogP contribution in [0, 0.1) is 13.8 Å². The summed E-state index contributed by atoms with van der Waals surface area (Å²) in [7, 11) is -3.63. The van der Waals surface area contributed by atoms with E-state index in [-0.39, 0.29) is 18.5 Å². The molecule has 0 spiro atoms. The highest BCUT2D eigenvalue weighted by Gasteiger charge is 2.23. The van der Waals surface area contributed by atoms with Crippen LogP contribution >= 0.6 is 11.6 Å². The number of rotatable bonds is 7. The summed E-state index contributed by atoms with van der Waals surface area (Å²) in [6, 6.07) is 12.7. The van der Waals surface area contributed by atoms with Crippen LogP contribution in [0.25, 0.3) is 0 Å². The van der Waals surface area contributed by atoms with E-state index in [0.717, 1.165) is 21.7 Å². The third-order valence-electron chi connectivity index (χ3n) is 4.34. The Morgan fingerprint density at radius 3 is 2.30 bits per heavy atom. The number of nitrogens with zero attached hydrogens (tertiary/aromatic N) is 1. The van der Waals surface area contributed by atoms with Crippen molar-refractivity contribution in [3.8, 4) is 0 Å². The lowest BCUT2D eigenvalue weighted by Crippen LogP contribution is -2.41. The number of hydrogen-bond donors (Lipinski definition) is 1. The van der Waals surface area contributed by atoms with Crippen molar-refractivity contribution in [2.75, 3.05) is 17.1 Å². The maximum Gasteiger partial charge on any atom is 0.241 e. The van der Waals surface area contributed by atoms with Crippen LogP contribution in [0.2, 0.25) is 5.02 Å². The second-order valence-electron chi connectivity index (χ2n) is 6.64. The second-order valence-corrected chi connectivity index (χ2v) is 8.98. The van der Waals surface area contributed by atoms with Gasteiger partial charge in [0, 0.05) is 5.02 Å². The summed E-state index contributed by atoms with van der Waals surface area (Å²) in [6.07, 6.45) is 1.79. The van der Waals surface area contributed by atoms with Gasteiger partial charge in [-0.25, -0.2) is 8.42 Å². The predicted molar refractivity (Wildman–Crippen MR) is 111 cm³/mol. The molecule has 0 radical (unpaired) electrons. The molecule has 0 aliphatic carbocycles. The van der Waals surface area contributed by atoms with E-state index in [1.807, 2.05) is 38.1 Å². The molecule has 2 aromatic rings. The number of amides is 1. The van der Waals surface area contributed by atoms with E-state index in [9.17, 15) is 13.2 Å². The average molecular weight is 409 g/mol. The van der Waals surface area contributed by atoms with E-state index in [0.29, 0.717) is 22.7 Å². The highest BCUT2D eigenvalue weighted by atomic mass is 35.5. The first-order chi connectivity index (χ1) is 12.6. The molecule has 1 N–H and O–H groups in total. The first-order valence-corrected chi connectivity index (χ1v) is 10.9. The van der Waals surface area contributed by atoms with Gasteiger partial charge in [-0.15, -0.1) is 0 Å². The van der Waals surface area contributed by atoms with Gasteiger partial charge in [0.1, 0.15) is 6.54 Å². The Balaban J connectivity index is 2.22. The van der Waals surface area contributed by atoms with Crippen molar-refractivity contribution < 1.29 is 13.2 Å². The molecule has 7 heteroatoms. The lowest BCUT2D eigenvalue weighted by atomic mass is 10.0. The van der Waals surface area contributed by atoms with Crippen LogP contribution in [0.15, 0.2) is 42.5 Å². The molecule has 0 aliphatic heterocycles. The molecule has 0 bridgehead atoms. The van der Waals surface area contributed by atoms with E-state index >= 15 is 0 Å². The maximum atomic E-state index is 12.6. The van der Waals surface area contributed by atoms with Crippen molar-refractivity contribution in [2.45, 2.75) is 33.2 Å². The molecular formula is C20H25ClN2O3S. The first kappa shape index (κ1) is 21.3. The largest absolute Gasteiger partial charge is 0.348 e. The SMILES string of the molecule is CCC(NC(=O)CN(c1ccc(Cl)cc1C)S(C)(=O)=O)c1ccc(C)cc1. The maximum absolute atomic E-state index is 12.6. The number of halogens is 1. The Hall–Kier alpha value is -2.05. The minimum Gasteiger partial charge on any atom is -0.348 e. The Kier molecular flexibility index (Phi) is 6.89. The van der Waals surface area contributed by atoms with Crippen molar-refractivity contribution in [3.63, 3.8) is 0 Å². The second kappa shape index (κ2) is 8.76. The number of carbonyl (C=O) groups is 1. The Labute approximate surface area is 166 Å². The van der Waals surface area contributed by atoms with E-state index in [4.69, 9.17) is 11.6 Å². The van der Waals surface area contributed by atoms with Crippen molar-refractivity contribution in [1.29, 1.82) is 0 Å². The third-order valence-corrected chi connectivity index (χ3v) is 5.70. The predicted octanol–water partition coefficient (Wildman–Crippen LogP) is 3.99. The zero-order chi connectivity index (χ0) is 20.2. The standard InChI is InChI=1S/C20H25ClN2O3S/c1-5-18(16-8-6-14(2)7-9-16)22-20(24)13-23(27(4,25)26)19-11-10-17(21)12-15(19)3/h6-12,18H,5,13H2,1-4H3,(H,22,24). The summed E-state index contributed by atoms with van der Waals surface area (Å²) in [5.41, 5.74) is 3.26. The van der Waals surface area contributed by atoms with Crippen LogP contribution in [0.1, 0.15) is 36.1 Å². The van der Waals surface area contributed by atoms with E-state index in [1.54, 1.807) is 25.1 Å². The number of sulfonamides is 1. The van der Waals surface area contributed by atoms with Crippen molar-refractivity contribution in [3.05, 3.63) is 64.2 Å². The molecule has 0 saturated heterocycles. The molecule has 2 aromatic carbocycles. The van der Waals surface area contributed by atoms with Crippen LogP contribution in [0.3, 0.4) is 0 Å². The van der Waals surface area contributed by atoms with Gasteiger partial charge in [-0.2, -0.15) is 0 Å². The van der Waals surface area contributed by atoms with Crippen molar-refractivity contribution >= 4 is 33.2 Å². The fourth-order valence-electron chi connectivity index (χ4n) is 2.87. The zero-order valence-electron chi connectivity index (χ0n) is 16.0. The zero-order valence-corrected chi connectivity index (χ0v) is 17.6. The topological polar surface area (TPSA) is 66.5 Å². The van der Waals surface area contributed by atoms with Crippen LogP contribution < -0.4 is 9.62 Å². The molecule has 0 aromatic heterocycles. The van der Waals surface area contributed by atoms with Gasteiger partial charge < -0.3 is 5.32 Å². The number of anilines is 1. The molecule has 0 saturated carbocycles.